The second-order valence-electron chi connectivity index (χ2n) is 5.41. The van der Waals surface area contributed by atoms with Crippen LogP contribution >= 0.6 is 0 Å². The summed E-state index contributed by atoms with van der Waals surface area (Å²) in [6, 6.07) is 0.630. The van der Waals surface area contributed by atoms with Gasteiger partial charge in [0.15, 0.2) is 0 Å². The van der Waals surface area contributed by atoms with Crippen LogP contribution in [-0.2, 0) is 4.79 Å². The molecule has 0 aromatic carbocycles. The average Bonchev–Trinajstić information content (AvgIpc) is 2.93. The molecule has 1 N–H and O–H groups in total. The van der Waals surface area contributed by atoms with E-state index in [9.17, 15) is 4.79 Å². The Morgan fingerprint density at radius 1 is 1.33 bits per heavy atom. The molecule has 0 unspecified atom stereocenters. The van der Waals surface area contributed by atoms with Crippen molar-refractivity contribution >= 4 is 5.78 Å². The molecule has 0 aromatic rings. The van der Waals surface area contributed by atoms with Crippen LogP contribution in [0.15, 0.2) is 0 Å². The van der Waals surface area contributed by atoms with Crippen molar-refractivity contribution in [3.8, 4) is 0 Å². The third-order valence-corrected chi connectivity index (χ3v) is 2.91. The van der Waals surface area contributed by atoms with Gasteiger partial charge in [0.05, 0.1) is 6.61 Å². The van der Waals surface area contributed by atoms with Gasteiger partial charge in [0.2, 0.25) is 0 Å². The van der Waals surface area contributed by atoms with Crippen LogP contribution in [0.1, 0.15) is 40.0 Å². The van der Waals surface area contributed by atoms with Crippen LogP contribution in [0, 0.1) is 5.41 Å². The standard InChI is InChI=1S/C12H23NO2/c1-12(2,3)11(15)6-7-13(8-9-14)10-4-5-10/h10,14H,4-9H2,1-3H3. The van der Waals surface area contributed by atoms with Gasteiger partial charge in [0.1, 0.15) is 5.78 Å². The molecule has 0 heterocycles. The van der Waals surface area contributed by atoms with Crippen LogP contribution in [0.3, 0.4) is 0 Å². The van der Waals surface area contributed by atoms with E-state index in [4.69, 9.17) is 5.11 Å². The van der Waals surface area contributed by atoms with Gasteiger partial charge in [-0.25, -0.2) is 0 Å². The second kappa shape index (κ2) is 5.08. The molecule has 88 valence electrons. The Bertz CT molecular complexity index is 216. The number of hydrogen-bond acceptors (Lipinski definition) is 3. The molecule has 1 aliphatic carbocycles. The minimum Gasteiger partial charge on any atom is -0.395 e. The molecule has 0 saturated heterocycles. The highest BCUT2D eigenvalue weighted by molar-refractivity contribution is 5.83. The maximum atomic E-state index is 11.7. The number of hydrogen-bond donors (Lipinski definition) is 1. The van der Waals surface area contributed by atoms with Crippen LogP contribution in [0.25, 0.3) is 0 Å². The van der Waals surface area contributed by atoms with E-state index in [0.717, 1.165) is 6.54 Å². The largest absolute Gasteiger partial charge is 0.395 e. The highest BCUT2D eigenvalue weighted by Gasteiger charge is 2.29. The van der Waals surface area contributed by atoms with E-state index in [1.165, 1.54) is 12.8 Å². The van der Waals surface area contributed by atoms with Crippen LogP contribution in [0.4, 0.5) is 0 Å². The first-order chi connectivity index (χ1) is 6.95. The van der Waals surface area contributed by atoms with Crippen LogP contribution in [0.2, 0.25) is 0 Å². The fourth-order valence-electron chi connectivity index (χ4n) is 1.67. The first-order valence-corrected chi connectivity index (χ1v) is 5.83. The van der Waals surface area contributed by atoms with Gasteiger partial charge in [0, 0.05) is 31.0 Å². The highest BCUT2D eigenvalue weighted by Crippen LogP contribution is 2.27. The Morgan fingerprint density at radius 3 is 2.33 bits per heavy atom. The van der Waals surface area contributed by atoms with Gasteiger partial charge >= 0.3 is 0 Å². The smallest absolute Gasteiger partial charge is 0.139 e. The number of rotatable bonds is 6. The number of ketones is 1. The predicted octanol–water partition coefficient (Wildman–Crippen LogP) is 1.45. The summed E-state index contributed by atoms with van der Waals surface area (Å²) >= 11 is 0. The summed E-state index contributed by atoms with van der Waals surface area (Å²) in [6.45, 7) is 7.60. The zero-order valence-electron chi connectivity index (χ0n) is 10.1. The van der Waals surface area contributed by atoms with Gasteiger partial charge in [-0.1, -0.05) is 20.8 Å². The quantitative estimate of drug-likeness (QED) is 0.726. The number of carbonyl (C=O) groups is 1. The van der Waals surface area contributed by atoms with E-state index >= 15 is 0 Å². The van der Waals surface area contributed by atoms with Gasteiger partial charge < -0.3 is 5.11 Å². The van der Waals surface area contributed by atoms with Crippen LogP contribution < -0.4 is 0 Å². The molecule has 1 aliphatic rings. The zero-order valence-corrected chi connectivity index (χ0v) is 10.1. The lowest BCUT2D eigenvalue weighted by molar-refractivity contribution is -0.126. The Hall–Kier alpha value is -0.410. The van der Waals surface area contributed by atoms with Gasteiger partial charge in [-0.3, -0.25) is 9.69 Å². The molecule has 3 heteroatoms. The van der Waals surface area contributed by atoms with Crippen molar-refractivity contribution < 1.29 is 9.90 Å². The van der Waals surface area contributed by atoms with E-state index < -0.39 is 0 Å². The van der Waals surface area contributed by atoms with E-state index in [1.54, 1.807) is 0 Å². The van der Waals surface area contributed by atoms with E-state index in [-0.39, 0.29) is 12.0 Å². The number of aliphatic hydroxyl groups is 1. The normalized spacial score (nSPS) is 17.1. The molecule has 0 amide bonds. The summed E-state index contributed by atoms with van der Waals surface area (Å²) < 4.78 is 0. The van der Waals surface area contributed by atoms with Crippen LogP contribution in [-0.4, -0.2) is 41.5 Å². The van der Waals surface area contributed by atoms with Crippen molar-refractivity contribution in [2.75, 3.05) is 19.7 Å². The van der Waals surface area contributed by atoms with Crippen molar-refractivity contribution in [1.82, 2.24) is 4.90 Å². The summed E-state index contributed by atoms with van der Waals surface area (Å²) in [6.07, 6.45) is 3.06. The van der Waals surface area contributed by atoms with Crippen molar-refractivity contribution in [1.29, 1.82) is 0 Å². The topological polar surface area (TPSA) is 40.5 Å². The summed E-state index contributed by atoms with van der Waals surface area (Å²) in [7, 11) is 0. The Morgan fingerprint density at radius 2 is 1.93 bits per heavy atom. The predicted molar refractivity (Wildman–Crippen MR) is 60.8 cm³/mol. The molecule has 3 nitrogen and oxygen atoms in total. The first-order valence-electron chi connectivity index (χ1n) is 5.83. The van der Waals surface area contributed by atoms with Crippen molar-refractivity contribution in [3.63, 3.8) is 0 Å². The molecule has 0 spiro atoms. The van der Waals surface area contributed by atoms with Gasteiger partial charge in [0.25, 0.3) is 0 Å². The summed E-state index contributed by atoms with van der Waals surface area (Å²) in [5.41, 5.74) is -0.228. The molecule has 1 fully saturated rings. The SMILES string of the molecule is CC(C)(C)C(=O)CCN(CCO)C1CC1. The lowest BCUT2D eigenvalue weighted by Crippen LogP contribution is -2.33. The number of aliphatic hydroxyl groups excluding tert-OH is 1. The zero-order chi connectivity index (χ0) is 11.5. The summed E-state index contributed by atoms with van der Waals surface area (Å²) in [5, 5.41) is 8.91. The third kappa shape index (κ3) is 4.31. The molecule has 0 aromatic heterocycles. The molecule has 0 atom stereocenters. The highest BCUT2D eigenvalue weighted by atomic mass is 16.3. The minimum atomic E-state index is -0.228. The van der Waals surface area contributed by atoms with Crippen LogP contribution in [0.5, 0.6) is 0 Å². The Labute approximate surface area is 92.5 Å². The molecule has 0 aliphatic heterocycles. The van der Waals surface area contributed by atoms with Crippen molar-refractivity contribution in [2.45, 2.75) is 46.1 Å². The fourth-order valence-corrected chi connectivity index (χ4v) is 1.67. The maximum Gasteiger partial charge on any atom is 0.139 e. The van der Waals surface area contributed by atoms with Crippen molar-refractivity contribution in [3.05, 3.63) is 0 Å². The lowest BCUT2D eigenvalue weighted by Gasteiger charge is -2.23. The van der Waals surface area contributed by atoms with E-state index in [2.05, 4.69) is 4.90 Å². The van der Waals surface area contributed by atoms with E-state index in [1.807, 2.05) is 20.8 Å². The molecular formula is C12H23NO2. The minimum absolute atomic E-state index is 0.195. The number of carbonyl (C=O) groups excluding carboxylic acids is 1. The Balaban J connectivity index is 2.30. The molecule has 0 radical (unpaired) electrons. The molecule has 1 rings (SSSR count). The number of nitrogens with zero attached hydrogens (tertiary/aromatic N) is 1. The van der Waals surface area contributed by atoms with Gasteiger partial charge in [-0.05, 0) is 12.8 Å². The molecule has 1 saturated carbocycles. The molecule has 0 bridgehead atoms. The third-order valence-electron chi connectivity index (χ3n) is 2.91. The Kier molecular flexibility index (Phi) is 4.29. The van der Waals surface area contributed by atoms with Gasteiger partial charge in [-0.2, -0.15) is 0 Å². The lowest BCUT2D eigenvalue weighted by atomic mass is 9.89. The van der Waals surface area contributed by atoms with E-state index in [0.29, 0.717) is 24.8 Å². The number of Topliss-reactive ketones (excluding diaryl/α,β-unsaturated/α-hetero) is 1. The summed E-state index contributed by atoms with van der Waals surface area (Å²) in [5.74, 6) is 0.311. The first kappa shape index (κ1) is 12.7. The molecule has 15 heavy (non-hydrogen) atoms. The van der Waals surface area contributed by atoms with Gasteiger partial charge in [-0.15, -0.1) is 0 Å². The fraction of sp³-hybridized carbons (Fsp3) is 0.917. The van der Waals surface area contributed by atoms with Crippen molar-refractivity contribution in [2.24, 2.45) is 5.41 Å². The maximum absolute atomic E-state index is 11.7. The molecular weight excluding hydrogens is 190 g/mol. The monoisotopic (exact) mass is 213 g/mol. The average molecular weight is 213 g/mol. The summed E-state index contributed by atoms with van der Waals surface area (Å²) in [4.78, 5) is 14.0. The second-order valence-corrected chi connectivity index (χ2v) is 5.41.